The van der Waals surface area contributed by atoms with Gasteiger partial charge in [0.15, 0.2) is 5.16 Å². The normalized spacial score (nSPS) is 10.5. The van der Waals surface area contributed by atoms with Gasteiger partial charge in [0.25, 0.3) is 0 Å². The Hall–Kier alpha value is -1.29. The molecule has 1 aromatic heterocycles. The number of hydrogen-bond donors (Lipinski definition) is 1. The topological polar surface area (TPSA) is 46.0 Å². The second-order valence-electron chi connectivity index (χ2n) is 2.60. The number of fused-ring (bicyclic) bond motifs is 1. The van der Waals surface area contributed by atoms with Crippen molar-refractivity contribution in [3.05, 3.63) is 24.4 Å². The first-order chi connectivity index (χ1) is 6.29. The number of rotatable bonds is 1. The summed E-state index contributed by atoms with van der Waals surface area (Å²) in [4.78, 5) is 8.38. The number of nitrogens with zero attached hydrogens (tertiary/aromatic N) is 2. The molecule has 66 valence electrons. The van der Waals surface area contributed by atoms with E-state index in [1.807, 2.05) is 6.26 Å². The highest BCUT2D eigenvalue weighted by Gasteiger charge is 1.98. The molecule has 0 spiro atoms. The zero-order valence-electron chi connectivity index (χ0n) is 7.06. The average molecular weight is 192 g/mol. The van der Waals surface area contributed by atoms with E-state index < -0.39 is 0 Å². The van der Waals surface area contributed by atoms with Crippen molar-refractivity contribution in [3.63, 3.8) is 0 Å². The standard InChI is InChI=1S/C9H8N2OS/c1-13-9-10-5-6-4-7(12)2-3-8(6)11-9/h2-5,12H,1H3. The van der Waals surface area contributed by atoms with Gasteiger partial charge < -0.3 is 5.11 Å². The summed E-state index contributed by atoms with van der Waals surface area (Å²) in [7, 11) is 0. The van der Waals surface area contributed by atoms with E-state index in [9.17, 15) is 5.11 Å². The Morgan fingerprint density at radius 1 is 1.38 bits per heavy atom. The summed E-state index contributed by atoms with van der Waals surface area (Å²) in [5, 5.41) is 10.8. The zero-order chi connectivity index (χ0) is 9.26. The number of phenols is 1. The molecular weight excluding hydrogens is 184 g/mol. The highest BCUT2D eigenvalue weighted by molar-refractivity contribution is 7.98. The molecule has 0 saturated heterocycles. The van der Waals surface area contributed by atoms with Gasteiger partial charge in [-0.15, -0.1) is 0 Å². The Morgan fingerprint density at radius 2 is 2.23 bits per heavy atom. The van der Waals surface area contributed by atoms with Gasteiger partial charge in [-0.05, 0) is 24.5 Å². The molecule has 1 N–H and O–H groups in total. The first kappa shape index (κ1) is 8.31. The summed E-state index contributed by atoms with van der Waals surface area (Å²) in [6.45, 7) is 0. The highest BCUT2D eigenvalue weighted by Crippen LogP contribution is 2.19. The van der Waals surface area contributed by atoms with E-state index in [0.29, 0.717) is 0 Å². The summed E-state index contributed by atoms with van der Waals surface area (Å²) < 4.78 is 0. The van der Waals surface area contributed by atoms with Crippen molar-refractivity contribution in [1.29, 1.82) is 0 Å². The summed E-state index contributed by atoms with van der Waals surface area (Å²) in [5.41, 5.74) is 0.858. The molecule has 1 heterocycles. The third-order valence-corrected chi connectivity index (χ3v) is 2.29. The first-order valence-corrected chi connectivity index (χ1v) is 5.02. The smallest absolute Gasteiger partial charge is 0.187 e. The molecule has 0 aliphatic rings. The second-order valence-corrected chi connectivity index (χ2v) is 3.37. The van der Waals surface area contributed by atoms with Crippen LogP contribution in [0, 0.1) is 0 Å². The van der Waals surface area contributed by atoms with Gasteiger partial charge in [0, 0.05) is 11.6 Å². The van der Waals surface area contributed by atoms with Crippen LogP contribution >= 0.6 is 11.8 Å². The molecule has 0 fully saturated rings. The minimum absolute atomic E-state index is 0.244. The van der Waals surface area contributed by atoms with Gasteiger partial charge in [-0.3, -0.25) is 0 Å². The minimum Gasteiger partial charge on any atom is -0.508 e. The van der Waals surface area contributed by atoms with Crippen molar-refractivity contribution in [1.82, 2.24) is 9.97 Å². The van der Waals surface area contributed by atoms with Crippen LogP contribution < -0.4 is 0 Å². The summed E-state index contributed by atoms with van der Waals surface area (Å²) >= 11 is 1.50. The van der Waals surface area contributed by atoms with E-state index in [2.05, 4.69) is 9.97 Å². The zero-order valence-corrected chi connectivity index (χ0v) is 7.88. The molecule has 0 aliphatic heterocycles. The Balaban J connectivity index is 2.66. The fraction of sp³-hybridized carbons (Fsp3) is 0.111. The van der Waals surface area contributed by atoms with Crippen LogP contribution in [0.15, 0.2) is 29.6 Å². The average Bonchev–Trinajstić information content (AvgIpc) is 2.17. The third kappa shape index (κ3) is 1.58. The van der Waals surface area contributed by atoms with Crippen LogP contribution in [0.4, 0.5) is 0 Å². The highest BCUT2D eigenvalue weighted by atomic mass is 32.2. The van der Waals surface area contributed by atoms with Crippen LogP contribution in [0.3, 0.4) is 0 Å². The molecule has 0 aliphatic carbocycles. The molecule has 0 amide bonds. The van der Waals surface area contributed by atoms with Gasteiger partial charge >= 0.3 is 0 Å². The van der Waals surface area contributed by atoms with Gasteiger partial charge in [0.05, 0.1) is 5.52 Å². The molecule has 13 heavy (non-hydrogen) atoms. The summed E-state index contributed by atoms with van der Waals surface area (Å²) in [6.07, 6.45) is 3.65. The first-order valence-electron chi connectivity index (χ1n) is 3.79. The molecule has 0 atom stereocenters. The van der Waals surface area contributed by atoms with Crippen molar-refractivity contribution in [3.8, 4) is 5.75 Å². The Labute approximate surface area is 79.8 Å². The molecule has 0 radical (unpaired) electrons. The maximum atomic E-state index is 9.20. The molecular formula is C9H8N2OS. The van der Waals surface area contributed by atoms with E-state index in [1.165, 1.54) is 11.8 Å². The van der Waals surface area contributed by atoms with Crippen LogP contribution in [0.2, 0.25) is 0 Å². The van der Waals surface area contributed by atoms with Crippen molar-refractivity contribution < 1.29 is 5.11 Å². The fourth-order valence-electron chi connectivity index (χ4n) is 1.10. The van der Waals surface area contributed by atoms with E-state index in [0.717, 1.165) is 16.1 Å². The number of aromatic hydroxyl groups is 1. The van der Waals surface area contributed by atoms with Gasteiger partial charge in [-0.2, -0.15) is 0 Å². The molecule has 0 bridgehead atoms. The predicted molar refractivity (Wildman–Crippen MR) is 53.0 cm³/mol. The Morgan fingerprint density at radius 3 is 3.00 bits per heavy atom. The Kier molecular flexibility index (Phi) is 2.06. The summed E-state index contributed by atoms with van der Waals surface area (Å²) in [6, 6.07) is 5.06. The number of aromatic nitrogens is 2. The van der Waals surface area contributed by atoms with Crippen LogP contribution in [-0.2, 0) is 0 Å². The van der Waals surface area contributed by atoms with Crippen molar-refractivity contribution in [2.45, 2.75) is 5.16 Å². The molecule has 1 aromatic carbocycles. The van der Waals surface area contributed by atoms with Crippen molar-refractivity contribution >= 4 is 22.7 Å². The maximum Gasteiger partial charge on any atom is 0.187 e. The van der Waals surface area contributed by atoms with Gasteiger partial charge in [-0.1, -0.05) is 11.8 Å². The second kappa shape index (κ2) is 3.22. The molecule has 3 nitrogen and oxygen atoms in total. The van der Waals surface area contributed by atoms with Crippen molar-refractivity contribution in [2.75, 3.05) is 6.26 Å². The monoisotopic (exact) mass is 192 g/mol. The SMILES string of the molecule is CSc1ncc2cc(O)ccc2n1. The lowest BCUT2D eigenvalue weighted by molar-refractivity contribution is 0.476. The fourth-order valence-corrected chi connectivity index (χ4v) is 1.45. The van der Waals surface area contributed by atoms with Gasteiger partial charge in [-0.25, -0.2) is 9.97 Å². The van der Waals surface area contributed by atoms with Crippen LogP contribution in [-0.4, -0.2) is 21.3 Å². The summed E-state index contributed by atoms with van der Waals surface area (Å²) in [5.74, 6) is 0.244. The largest absolute Gasteiger partial charge is 0.508 e. The number of hydrogen-bond acceptors (Lipinski definition) is 4. The molecule has 4 heteroatoms. The van der Waals surface area contributed by atoms with E-state index in [4.69, 9.17) is 0 Å². The van der Waals surface area contributed by atoms with E-state index >= 15 is 0 Å². The minimum atomic E-state index is 0.244. The van der Waals surface area contributed by atoms with Gasteiger partial charge in [0.1, 0.15) is 5.75 Å². The molecule has 0 unspecified atom stereocenters. The number of thioether (sulfide) groups is 1. The number of phenolic OH excluding ortho intramolecular Hbond substituents is 1. The predicted octanol–water partition coefficient (Wildman–Crippen LogP) is 2.06. The lowest BCUT2D eigenvalue weighted by atomic mass is 10.2. The van der Waals surface area contributed by atoms with Crippen LogP contribution in [0.5, 0.6) is 5.75 Å². The van der Waals surface area contributed by atoms with E-state index in [1.54, 1.807) is 24.4 Å². The van der Waals surface area contributed by atoms with E-state index in [-0.39, 0.29) is 5.75 Å². The molecule has 2 rings (SSSR count). The number of benzene rings is 1. The van der Waals surface area contributed by atoms with Crippen LogP contribution in [0.25, 0.3) is 10.9 Å². The van der Waals surface area contributed by atoms with Crippen molar-refractivity contribution in [2.24, 2.45) is 0 Å². The maximum absolute atomic E-state index is 9.20. The lowest BCUT2D eigenvalue weighted by Crippen LogP contribution is -1.85. The van der Waals surface area contributed by atoms with Gasteiger partial charge in [0.2, 0.25) is 0 Å². The molecule has 2 aromatic rings. The molecule has 0 saturated carbocycles. The Bertz CT molecular complexity index is 445. The quantitative estimate of drug-likeness (QED) is 0.555. The lowest BCUT2D eigenvalue weighted by Gasteiger charge is -1.99. The van der Waals surface area contributed by atoms with Crippen LogP contribution in [0.1, 0.15) is 0 Å². The third-order valence-electron chi connectivity index (χ3n) is 1.72.